The second kappa shape index (κ2) is 6.00. The molecule has 2 aromatic rings. The average Bonchev–Trinajstić information content (AvgIpc) is 2.61. The normalized spacial score (nSPS) is 10.8. The maximum absolute atomic E-state index is 6.11. The highest BCUT2D eigenvalue weighted by Gasteiger charge is 2.10. The van der Waals surface area contributed by atoms with Crippen LogP contribution >= 0.6 is 11.6 Å². The van der Waals surface area contributed by atoms with Crippen molar-refractivity contribution in [3.8, 4) is 0 Å². The van der Waals surface area contributed by atoms with Crippen molar-refractivity contribution in [3.63, 3.8) is 0 Å². The van der Waals surface area contributed by atoms with Gasteiger partial charge in [-0.05, 0) is 12.5 Å². The predicted octanol–water partition coefficient (Wildman–Crippen LogP) is 2.60. The summed E-state index contributed by atoms with van der Waals surface area (Å²) in [6.45, 7) is 3.00. The summed E-state index contributed by atoms with van der Waals surface area (Å²) < 4.78 is 1.66. The Labute approximate surface area is 111 Å². The van der Waals surface area contributed by atoms with E-state index in [1.54, 1.807) is 4.68 Å². The van der Waals surface area contributed by atoms with Gasteiger partial charge in [-0.25, -0.2) is 0 Å². The molecule has 0 saturated carbocycles. The van der Waals surface area contributed by atoms with Gasteiger partial charge in [0, 0.05) is 12.6 Å². The summed E-state index contributed by atoms with van der Waals surface area (Å²) in [5.74, 6) is 0. The Morgan fingerprint density at radius 2 is 2.06 bits per heavy atom. The number of nitrogens with zero attached hydrogens (tertiary/aromatic N) is 2. The van der Waals surface area contributed by atoms with E-state index in [4.69, 9.17) is 16.4 Å². The van der Waals surface area contributed by atoms with Crippen molar-refractivity contribution in [2.75, 3.05) is 0 Å². The van der Waals surface area contributed by atoms with Crippen molar-refractivity contribution in [1.29, 1.82) is 0 Å². The molecule has 0 aliphatic rings. The van der Waals surface area contributed by atoms with E-state index < -0.39 is 0 Å². The molecule has 1 aromatic heterocycles. The quantitative estimate of drug-likeness (QED) is 0.667. The van der Waals surface area contributed by atoms with E-state index >= 15 is 0 Å². The van der Waals surface area contributed by atoms with Gasteiger partial charge in [0.05, 0.1) is 18.8 Å². The smallest absolute Gasteiger partial charge is 0.131 e. The summed E-state index contributed by atoms with van der Waals surface area (Å²) in [6, 6.07) is 9.99. The van der Waals surface area contributed by atoms with Gasteiger partial charge in [-0.1, -0.05) is 41.9 Å². The van der Waals surface area contributed by atoms with Crippen LogP contribution in [0.2, 0.25) is 5.15 Å². The van der Waals surface area contributed by atoms with Crippen LogP contribution in [0.25, 0.3) is 0 Å². The van der Waals surface area contributed by atoms with Gasteiger partial charge in [0.25, 0.3) is 0 Å². The predicted molar refractivity (Wildman–Crippen MR) is 71.0 cm³/mol. The molecule has 4 nitrogen and oxygen atoms in total. The summed E-state index contributed by atoms with van der Waals surface area (Å²) in [6.07, 6.45) is 0. The van der Waals surface area contributed by atoms with E-state index in [0.29, 0.717) is 18.3 Å². The van der Waals surface area contributed by atoms with Gasteiger partial charge >= 0.3 is 0 Å². The van der Waals surface area contributed by atoms with Crippen molar-refractivity contribution in [1.82, 2.24) is 15.3 Å². The maximum Gasteiger partial charge on any atom is 0.131 e. The van der Waals surface area contributed by atoms with Crippen molar-refractivity contribution >= 4 is 11.6 Å². The molecule has 1 aromatic carbocycles. The van der Waals surface area contributed by atoms with Crippen LogP contribution in [0.15, 0.2) is 30.3 Å². The highest BCUT2D eigenvalue weighted by molar-refractivity contribution is 6.30. The molecule has 0 amide bonds. The number of rotatable bonds is 5. The van der Waals surface area contributed by atoms with Gasteiger partial charge in [-0.3, -0.25) is 9.52 Å². The molecular weight excluding hydrogens is 250 g/mol. The first-order valence-corrected chi connectivity index (χ1v) is 6.13. The second-order valence-corrected chi connectivity index (χ2v) is 4.43. The number of halogens is 1. The zero-order valence-electron chi connectivity index (χ0n) is 10.5. The number of aryl methyl sites for hydroxylation is 2. The lowest BCUT2D eigenvalue weighted by atomic mass is 10.2. The summed E-state index contributed by atoms with van der Waals surface area (Å²) in [5.41, 5.74) is 5.91. The Balaban J connectivity index is 1.82. The average molecular weight is 266 g/mol. The minimum Gasteiger partial charge on any atom is -0.297 e. The highest BCUT2D eigenvalue weighted by Crippen LogP contribution is 2.18. The fraction of sp³-hybridized carbons (Fsp3) is 0.308. The lowest BCUT2D eigenvalue weighted by Crippen LogP contribution is -2.14. The van der Waals surface area contributed by atoms with Crippen LogP contribution in [0.1, 0.15) is 16.8 Å². The molecule has 0 spiro atoms. The molecular formula is C13H16ClN3O. The zero-order valence-corrected chi connectivity index (χ0v) is 11.2. The Kier molecular flexibility index (Phi) is 4.36. The van der Waals surface area contributed by atoms with Crippen LogP contribution in [0.5, 0.6) is 0 Å². The van der Waals surface area contributed by atoms with Crippen molar-refractivity contribution in [3.05, 3.63) is 52.3 Å². The lowest BCUT2D eigenvalue weighted by molar-refractivity contribution is 0.0234. The van der Waals surface area contributed by atoms with Gasteiger partial charge < -0.3 is 0 Å². The number of benzene rings is 1. The number of hydrogen-bond donors (Lipinski definition) is 1. The summed E-state index contributed by atoms with van der Waals surface area (Å²) >= 11 is 6.11. The first-order chi connectivity index (χ1) is 8.68. The van der Waals surface area contributed by atoms with Crippen molar-refractivity contribution < 1.29 is 4.84 Å². The fourth-order valence-corrected chi connectivity index (χ4v) is 1.95. The third-order valence-electron chi connectivity index (χ3n) is 2.70. The van der Waals surface area contributed by atoms with Gasteiger partial charge in [-0.15, -0.1) is 0 Å². The zero-order chi connectivity index (χ0) is 13.0. The molecule has 1 heterocycles. The van der Waals surface area contributed by atoms with E-state index in [1.807, 2.05) is 44.3 Å². The minimum atomic E-state index is 0.526. The van der Waals surface area contributed by atoms with E-state index in [9.17, 15) is 0 Å². The molecule has 5 heteroatoms. The SMILES string of the molecule is Cc1nn(C)c(Cl)c1CNOCc1ccccc1. The van der Waals surface area contributed by atoms with Crippen LogP contribution in [0, 0.1) is 6.92 Å². The molecule has 2 rings (SSSR count). The number of nitrogens with one attached hydrogen (secondary N) is 1. The van der Waals surface area contributed by atoms with Crippen LogP contribution in [-0.4, -0.2) is 9.78 Å². The third kappa shape index (κ3) is 3.10. The molecule has 96 valence electrons. The third-order valence-corrected chi connectivity index (χ3v) is 3.18. The first-order valence-electron chi connectivity index (χ1n) is 5.75. The monoisotopic (exact) mass is 265 g/mol. The number of hydrogen-bond acceptors (Lipinski definition) is 3. The molecule has 0 bridgehead atoms. The van der Waals surface area contributed by atoms with E-state index in [1.165, 1.54) is 0 Å². The maximum atomic E-state index is 6.11. The van der Waals surface area contributed by atoms with E-state index in [0.717, 1.165) is 16.8 Å². The highest BCUT2D eigenvalue weighted by atomic mass is 35.5. The largest absolute Gasteiger partial charge is 0.297 e. The van der Waals surface area contributed by atoms with Crippen LogP contribution in [-0.2, 0) is 25.0 Å². The van der Waals surface area contributed by atoms with Gasteiger partial charge in [-0.2, -0.15) is 10.6 Å². The van der Waals surface area contributed by atoms with E-state index in [-0.39, 0.29) is 0 Å². The van der Waals surface area contributed by atoms with Crippen molar-refractivity contribution in [2.45, 2.75) is 20.1 Å². The Morgan fingerprint density at radius 3 is 2.67 bits per heavy atom. The minimum absolute atomic E-state index is 0.526. The summed E-state index contributed by atoms with van der Waals surface area (Å²) in [4.78, 5) is 5.40. The lowest BCUT2D eigenvalue weighted by Gasteiger charge is -2.05. The molecule has 0 fully saturated rings. The summed E-state index contributed by atoms with van der Waals surface area (Å²) in [7, 11) is 1.82. The summed E-state index contributed by atoms with van der Waals surface area (Å²) in [5, 5.41) is 4.88. The second-order valence-electron chi connectivity index (χ2n) is 4.07. The van der Waals surface area contributed by atoms with Gasteiger partial charge in [0.15, 0.2) is 0 Å². The molecule has 0 atom stereocenters. The number of hydroxylamine groups is 1. The van der Waals surface area contributed by atoms with Gasteiger partial charge in [0.1, 0.15) is 5.15 Å². The standard InChI is InChI=1S/C13H16ClN3O/c1-10-12(13(14)17(2)16-10)8-15-18-9-11-6-4-3-5-7-11/h3-7,15H,8-9H2,1-2H3. The van der Waals surface area contributed by atoms with Gasteiger partial charge in [0.2, 0.25) is 0 Å². The molecule has 0 aliphatic heterocycles. The Hall–Kier alpha value is -1.36. The molecule has 0 saturated heterocycles. The molecule has 0 aliphatic carbocycles. The van der Waals surface area contributed by atoms with Crippen molar-refractivity contribution in [2.24, 2.45) is 7.05 Å². The fourth-order valence-electron chi connectivity index (χ4n) is 1.71. The molecule has 1 N–H and O–H groups in total. The number of aromatic nitrogens is 2. The van der Waals surface area contributed by atoms with Crippen LogP contribution in [0.3, 0.4) is 0 Å². The first kappa shape index (κ1) is 13.1. The molecule has 0 unspecified atom stereocenters. The Morgan fingerprint density at radius 1 is 1.33 bits per heavy atom. The van der Waals surface area contributed by atoms with E-state index in [2.05, 4.69) is 10.6 Å². The topological polar surface area (TPSA) is 39.1 Å². The Bertz CT molecular complexity index is 510. The van der Waals surface area contributed by atoms with Crippen LogP contribution in [0.4, 0.5) is 0 Å². The molecule has 18 heavy (non-hydrogen) atoms. The van der Waals surface area contributed by atoms with Crippen LogP contribution < -0.4 is 5.48 Å². The molecule has 0 radical (unpaired) electrons.